The van der Waals surface area contributed by atoms with E-state index in [-0.39, 0.29) is 0 Å². The Kier molecular flexibility index (Phi) is 4.95. The van der Waals surface area contributed by atoms with Crippen molar-refractivity contribution in [2.24, 2.45) is 0 Å². The third kappa shape index (κ3) is 9.30. The van der Waals surface area contributed by atoms with Gasteiger partial charge >= 0.3 is 7.99 Å². The van der Waals surface area contributed by atoms with Crippen LogP contribution >= 0.6 is 7.99 Å². The van der Waals surface area contributed by atoms with Gasteiger partial charge in [0.1, 0.15) is 0 Å². The van der Waals surface area contributed by atoms with Gasteiger partial charge in [0.25, 0.3) is 0 Å². The fourth-order valence-corrected chi connectivity index (χ4v) is 0.794. The number of halogens is 2. The second-order valence-corrected chi connectivity index (χ2v) is 3.41. The third-order valence-corrected chi connectivity index (χ3v) is 1.34. The maximum absolute atomic E-state index is 10.1. The van der Waals surface area contributed by atoms with Crippen molar-refractivity contribution in [2.75, 3.05) is 20.3 Å². The molecule has 0 atom stereocenters. The molecule has 1 heterocycles. The molecule has 0 bridgehead atoms. The Hall–Kier alpha value is -0.610. The predicted molar refractivity (Wildman–Crippen MR) is 46.2 cm³/mol. The molecule has 1 aliphatic rings. The smallest absolute Gasteiger partial charge is 0.362 e. The van der Waals surface area contributed by atoms with Crippen LogP contribution in [0.2, 0.25) is 0 Å². The SMILES string of the molecule is CCN1C=CN(C)C1.O=P(O)(F)F. The largest absolute Gasteiger partial charge is 0.549 e. The van der Waals surface area contributed by atoms with Crippen molar-refractivity contribution in [3.8, 4) is 0 Å². The zero-order valence-corrected chi connectivity index (χ0v) is 8.42. The van der Waals surface area contributed by atoms with E-state index in [1.165, 1.54) is 0 Å². The van der Waals surface area contributed by atoms with Crippen LogP contribution in [0.4, 0.5) is 8.39 Å². The molecule has 1 aliphatic heterocycles. The van der Waals surface area contributed by atoms with Crippen molar-refractivity contribution in [2.45, 2.75) is 6.92 Å². The molecule has 0 aromatic heterocycles. The van der Waals surface area contributed by atoms with E-state index in [1.807, 2.05) is 0 Å². The average Bonchev–Trinajstić information content (AvgIpc) is 2.31. The van der Waals surface area contributed by atoms with Crippen LogP contribution in [-0.2, 0) is 4.57 Å². The van der Waals surface area contributed by atoms with Crippen LogP contribution in [0.25, 0.3) is 0 Å². The lowest BCUT2D eigenvalue weighted by molar-refractivity contribution is 0.308. The first-order chi connectivity index (χ1) is 5.83. The summed E-state index contributed by atoms with van der Waals surface area (Å²) in [5.41, 5.74) is 0. The number of hydrogen-bond acceptors (Lipinski definition) is 3. The maximum Gasteiger partial charge on any atom is 0.549 e. The van der Waals surface area contributed by atoms with Crippen LogP contribution in [0, 0.1) is 0 Å². The van der Waals surface area contributed by atoms with Crippen molar-refractivity contribution < 1.29 is 17.9 Å². The fraction of sp³-hybridized carbons (Fsp3) is 0.667. The van der Waals surface area contributed by atoms with Gasteiger partial charge in [0.2, 0.25) is 0 Å². The molecule has 0 saturated heterocycles. The van der Waals surface area contributed by atoms with Gasteiger partial charge in [0, 0.05) is 26.0 Å². The van der Waals surface area contributed by atoms with E-state index in [2.05, 4.69) is 36.2 Å². The Morgan fingerprint density at radius 3 is 2.15 bits per heavy atom. The molecule has 0 amide bonds. The predicted octanol–water partition coefficient (Wildman–Crippen LogP) is 1.71. The molecular formula is C6H13F2N2O2P. The Morgan fingerprint density at radius 2 is 2.00 bits per heavy atom. The molecule has 0 aromatic carbocycles. The topological polar surface area (TPSA) is 43.8 Å². The molecule has 78 valence electrons. The molecule has 0 aliphatic carbocycles. The van der Waals surface area contributed by atoms with Gasteiger partial charge in [0.05, 0.1) is 6.67 Å². The molecule has 0 unspecified atom stereocenters. The normalized spacial score (nSPS) is 15.8. The summed E-state index contributed by atoms with van der Waals surface area (Å²) in [6.45, 7) is 4.32. The minimum atomic E-state index is -5.64. The zero-order chi connectivity index (χ0) is 10.5. The minimum Gasteiger partial charge on any atom is -0.362 e. The molecule has 1 N–H and O–H groups in total. The van der Waals surface area contributed by atoms with Crippen molar-refractivity contribution in [1.82, 2.24) is 9.80 Å². The van der Waals surface area contributed by atoms with Gasteiger partial charge in [-0.3, -0.25) is 4.89 Å². The molecule has 7 heteroatoms. The number of nitrogens with zero attached hydrogens (tertiary/aromatic N) is 2. The zero-order valence-electron chi connectivity index (χ0n) is 7.52. The van der Waals surface area contributed by atoms with Crippen LogP contribution in [0.5, 0.6) is 0 Å². The summed E-state index contributed by atoms with van der Waals surface area (Å²) in [6, 6.07) is 0. The summed E-state index contributed by atoms with van der Waals surface area (Å²) in [4.78, 5) is 11.1. The molecule has 0 fully saturated rings. The van der Waals surface area contributed by atoms with Gasteiger partial charge in [-0.2, -0.15) is 0 Å². The Labute approximate surface area is 76.1 Å². The Bertz CT molecular complexity index is 210. The first kappa shape index (κ1) is 12.4. The standard InChI is InChI=1S/C6H12N2.F2HO2P/c1-3-8-5-4-7(2)6-8;1-5(2,3)4/h4-5H,3,6H2,1-2H3;(H,3,4). The lowest BCUT2D eigenvalue weighted by atomic mass is 10.6. The quantitative estimate of drug-likeness (QED) is 0.675. The van der Waals surface area contributed by atoms with Crippen molar-refractivity contribution in [3.63, 3.8) is 0 Å². The highest BCUT2D eigenvalue weighted by Crippen LogP contribution is 2.43. The van der Waals surface area contributed by atoms with Crippen molar-refractivity contribution in [3.05, 3.63) is 12.4 Å². The van der Waals surface area contributed by atoms with E-state index in [1.54, 1.807) is 0 Å². The molecule has 0 radical (unpaired) electrons. The summed E-state index contributed by atoms with van der Waals surface area (Å²) in [5, 5.41) is 0. The van der Waals surface area contributed by atoms with Gasteiger partial charge in [-0.05, 0) is 6.92 Å². The molecule has 0 aromatic rings. The lowest BCUT2D eigenvalue weighted by Gasteiger charge is -2.14. The van der Waals surface area contributed by atoms with Gasteiger partial charge in [-0.25, -0.2) is 4.57 Å². The Balaban J connectivity index is 0.000000252. The van der Waals surface area contributed by atoms with Crippen molar-refractivity contribution >= 4 is 7.99 Å². The first-order valence-corrected chi connectivity index (χ1v) is 5.11. The number of hydrogen-bond donors (Lipinski definition) is 1. The first-order valence-electron chi connectivity index (χ1n) is 3.67. The average molecular weight is 214 g/mol. The van der Waals surface area contributed by atoms with E-state index < -0.39 is 7.99 Å². The summed E-state index contributed by atoms with van der Waals surface area (Å²) >= 11 is 0. The summed E-state index contributed by atoms with van der Waals surface area (Å²) in [7, 11) is -3.56. The second kappa shape index (κ2) is 5.19. The van der Waals surface area contributed by atoms with Gasteiger partial charge < -0.3 is 9.80 Å². The van der Waals surface area contributed by atoms with Crippen LogP contribution in [0.3, 0.4) is 0 Å². The van der Waals surface area contributed by atoms with E-state index in [4.69, 9.17) is 9.46 Å². The number of rotatable bonds is 1. The third-order valence-electron chi connectivity index (χ3n) is 1.34. The molecular weight excluding hydrogens is 201 g/mol. The highest BCUT2D eigenvalue weighted by molar-refractivity contribution is 7.46. The van der Waals surface area contributed by atoms with Gasteiger partial charge in [0.15, 0.2) is 0 Å². The van der Waals surface area contributed by atoms with E-state index in [9.17, 15) is 8.39 Å². The molecule has 0 spiro atoms. The molecule has 0 saturated carbocycles. The summed E-state index contributed by atoms with van der Waals surface area (Å²) in [6.07, 6.45) is 4.20. The van der Waals surface area contributed by atoms with E-state index in [0.29, 0.717) is 0 Å². The highest BCUT2D eigenvalue weighted by Gasteiger charge is 2.09. The van der Waals surface area contributed by atoms with Gasteiger partial charge in [-0.15, -0.1) is 8.39 Å². The molecule has 13 heavy (non-hydrogen) atoms. The summed E-state index contributed by atoms with van der Waals surface area (Å²) in [5.74, 6) is 0. The fourth-order valence-electron chi connectivity index (χ4n) is 0.794. The van der Waals surface area contributed by atoms with Crippen LogP contribution in [-0.4, -0.2) is 35.0 Å². The Morgan fingerprint density at radius 1 is 1.54 bits per heavy atom. The van der Waals surface area contributed by atoms with Crippen molar-refractivity contribution in [1.29, 1.82) is 0 Å². The second-order valence-electron chi connectivity index (χ2n) is 2.54. The van der Waals surface area contributed by atoms with Gasteiger partial charge in [-0.1, -0.05) is 0 Å². The van der Waals surface area contributed by atoms with Crippen LogP contribution in [0.15, 0.2) is 12.4 Å². The lowest BCUT2D eigenvalue weighted by Crippen LogP contribution is -2.21. The highest BCUT2D eigenvalue weighted by atomic mass is 31.2. The monoisotopic (exact) mass is 214 g/mol. The summed E-state index contributed by atoms with van der Waals surface area (Å²) < 4.78 is 28.7. The maximum atomic E-state index is 10.1. The van der Waals surface area contributed by atoms with E-state index >= 15 is 0 Å². The minimum absolute atomic E-state index is 1.05. The van der Waals surface area contributed by atoms with E-state index in [0.717, 1.165) is 13.2 Å². The van der Waals surface area contributed by atoms with Crippen LogP contribution in [0.1, 0.15) is 6.92 Å². The molecule has 1 rings (SSSR count). The van der Waals surface area contributed by atoms with Crippen LogP contribution < -0.4 is 0 Å². The molecule has 4 nitrogen and oxygen atoms in total.